The van der Waals surface area contributed by atoms with Crippen molar-refractivity contribution in [3.8, 4) is 0 Å². The number of halogens is 1. The molecule has 0 radical (unpaired) electrons. The Bertz CT molecular complexity index is 534. The first kappa shape index (κ1) is 13.1. The zero-order chi connectivity index (χ0) is 13.1. The van der Waals surface area contributed by atoms with E-state index in [1.165, 1.54) is 0 Å². The van der Waals surface area contributed by atoms with E-state index in [9.17, 15) is 4.79 Å². The van der Waals surface area contributed by atoms with Crippen LogP contribution >= 0.6 is 22.9 Å². The van der Waals surface area contributed by atoms with Gasteiger partial charge in [0.1, 0.15) is 5.15 Å². The van der Waals surface area contributed by atoms with Crippen molar-refractivity contribution in [1.29, 1.82) is 0 Å². The molecule has 0 aliphatic carbocycles. The van der Waals surface area contributed by atoms with Gasteiger partial charge in [0.15, 0.2) is 0 Å². The number of hydrogen-bond acceptors (Lipinski definition) is 3. The van der Waals surface area contributed by atoms with Crippen LogP contribution in [0.3, 0.4) is 0 Å². The normalized spacial score (nSPS) is 10.4. The summed E-state index contributed by atoms with van der Waals surface area (Å²) in [6.07, 6.45) is 0. The molecular formula is C13H13ClN2OS. The predicted octanol–water partition coefficient (Wildman–Crippen LogP) is 3.38. The maximum Gasteiger partial charge on any atom is 0.254 e. The lowest BCUT2D eigenvalue weighted by atomic mass is 10.2. The molecule has 2 heterocycles. The van der Waals surface area contributed by atoms with Crippen LogP contribution in [-0.2, 0) is 6.54 Å². The summed E-state index contributed by atoms with van der Waals surface area (Å²) < 4.78 is 0. The van der Waals surface area contributed by atoms with Crippen LogP contribution in [0, 0.1) is 6.92 Å². The summed E-state index contributed by atoms with van der Waals surface area (Å²) in [5.41, 5.74) is 1.32. The van der Waals surface area contributed by atoms with Crippen molar-refractivity contribution in [2.45, 2.75) is 13.5 Å². The van der Waals surface area contributed by atoms with Crippen molar-refractivity contribution in [2.75, 3.05) is 7.05 Å². The second-order valence-electron chi connectivity index (χ2n) is 4.06. The van der Waals surface area contributed by atoms with E-state index in [0.717, 1.165) is 10.6 Å². The number of nitrogens with zero attached hydrogens (tertiary/aromatic N) is 2. The standard InChI is InChI=1S/C13H13ClN2OS/c1-9-6-10(7-12(14)15-9)13(17)16(2)8-11-4-3-5-18-11/h3-7H,8H2,1-2H3. The van der Waals surface area contributed by atoms with Crippen LogP contribution in [0.25, 0.3) is 0 Å². The summed E-state index contributed by atoms with van der Waals surface area (Å²) in [4.78, 5) is 19.1. The van der Waals surface area contributed by atoms with Gasteiger partial charge in [0, 0.05) is 23.2 Å². The minimum absolute atomic E-state index is 0.0456. The molecule has 0 N–H and O–H groups in total. The summed E-state index contributed by atoms with van der Waals surface area (Å²) in [5, 5.41) is 2.35. The molecule has 0 aliphatic heterocycles. The third kappa shape index (κ3) is 3.09. The highest BCUT2D eigenvalue weighted by Crippen LogP contribution is 2.15. The van der Waals surface area contributed by atoms with Gasteiger partial charge in [0.25, 0.3) is 5.91 Å². The minimum atomic E-state index is -0.0456. The number of amides is 1. The third-order valence-corrected chi connectivity index (χ3v) is 3.54. The number of aryl methyl sites for hydroxylation is 1. The maximum atomic E-state index is 12.2. The van der Waals surface area contributed by atoms with Crippen molar-refractivity contribution in [3.63, 3.8) is 0 Å². The van der Waals surface area contributed by atoms with Crippen molar-refractivity contribution in [3.05, 3.63) is 50.9 Å². The van der Waals surface area contributed by atoms with Gasteiger partial charge in [-0.1, -0.05) is 17.7 Å². The Morgan fingerprint density at radius 2 is 2.28 bits per heavy atom. The van der Waals surface area contributed by atoms with Gasteiger partial charge < -0.3 is 4.90 Å². The molecular weight excluding hydrogens is 268 g/mol. The molecule has 1 amide bonds. The maximum absolute atomic E-state index is 12.2. The van der Waals surface area contributed by atoms with Gasteiger partial charge in [-0.3, -0.25) is 4.79 Å². The van der Waals surface area contributed by atoms with Crippen molar-refractivity contribution >= 4 is 28.8 Å². The second-order valence-corrected chi connectivity index (χ2v) is 5.48. The fourth-order valence-electron chi connectivity index (χ4n) is 1.68. The topological polar surface area (TPSA) is 33.2 Å². The van der Waals surface area contributed by atoms with E-state index in [0.29, 0.717) is 17.3 Å². The van der Waals surface area contributed by atoms with Gasteiger partial charge in [-0.25, -0.2) is 4.98 Å². The molecule has 5 heteroatoms. The zero-order valence-electron chi connectivity index (χ0n) is 10.2. The zero-order valence-corrected chi connectivity index (χ0v) is 11.8. The smallest absolute Gasteiger partial charge is 0.254 e. The molecule has 0 unspecified atom stereocenters. The SMILES string of the molecule is Cc1cc(C(=O)N(C)Cc2cccs2)cc(Cl)n1. The van der Waals surface area contributed by atoms with Gasteiger partial charge in [-0.2, -0.15) is 0 Å². The Kier molecular flexibility index (Phi) is 3.99. The molecule has 18 heavy (non-hydrogen) atoms. The van der Waals surface area contributed by atoms with Gasteiger partial charge in [-0.15, -0.1) is 11.3 Å². The van der Waals surface area contributed by atoms with Crippen molar-refractivity contribution < 1.29 is 4.79 Å². The molecule has 94 valence electrons. The fraction of sp³-hybridized carbons (Fsp3) is 0.231. The lowest BCUT2D eigenvalue weighted by Gasteiger charge is -2.16. The summed E-state index contributed by atoms with van der Waals surface area (Å²) in [7, 11) is 1.78. The molecule has 2 aromatic rings. The van der Waals surface area contributed by atoms with Crippen LogP contribution in [0.15, 0.2) is 29.6 Å². The number of pyridine rings is 1. The van der Waals surface area contributed by atoms with Gasteiger partial charge in [0.05, 0.1) is 6.54 Å². The fourth-order valence-corrected chi connectivity index (χ4v) is 2.69. The Morgan fingerprint density at radius 3 is 2.89 bits per heavy atom. The molecule has 0 spiro atoms. The molecule has 0 saturated heterocycles. The van der Waals surface area contributed by atoms with Crippen molar-refractivity contribution in [1.82, 2.24) is 9.88 Å². The van der Waals surface area contributed by atoms with Crippen LogP contribution < -0.4 is 0 Å². The Hall–Kier alpha value is -1.39. The number of thiophene rings is 1. The van der Waals surface area contributed by atoms with E-state index < -0.39 is 0 Å². The average Bonchev–Trinajstić information content (AvgIpc) is 2.79. The van der Waals surface area contributed by atoms with Crippen LogP contribution in [-0.4, -0.2) is 22.8 Å². The molecule has 0 fully saturated rings. The Morgan fingerprint density at radius 1 is 1.50 bits per heavy atom. The first-order valence-corrected chi connectivity index (χ1v) is 6.74. The molecule has 0 saturated carbocycles. The van der Waals surface area contributed by atoms with Gasteiger partial charge >= 0.3 is 0 Å². The minimum Gasteiger partial charge on any atom is -0.337 e. The van der Waals surface area contributed by atoms with E-state index >= 15 is 0 Å². The van der Waals surface area contributed by atoms with Crippen LogP contribution in [0.5, 0.6) is 0 Å². The van der Waals surface area contributed by atoms with Gasteiger partial charge in [0.2, 0.25) is 0 Å². The number of carbonyl (C=O) groups is 1. The Labute approximate surface area is 115 Å². The number of hydrogen-bond donors (Lipinski definition) is 0. The number of carbonyl (C=O) groups excluding carboxylic acids is 1. The molecule has 3 nitrogen and oxygen atoms in total. The van der Waals surface area contributed by atoms with Crippen LogP contribution in [0.1, 0.15) is 20.9 Å². The molecule has 0 atom stereocenters. The molecule has 2 rings (SSSR count). The lowest BCUT2D eigenvalue weighted by Crippen LogP contribution is -2.25. The van der Waals surface area contributed by atoms with Crippen molar-refractivity contribution in [2.24, 2.45) is 0 Å². The molecule has 0 bridgehead atoms. The highest BCUT2D eigenvalue weighted by Gasteiger charge is 2.13. The highest BCUT2D eigenvalue weighted by molar-refractivity contribution is 7.09. The monoisotopic (exact) mass is 280 g/mol. The predicted molar refractivity (Wildman–Crippen MR) is 74.1 cm³/mol. The average molecular weight is 281 g/mol. The van der Waals surface area contributed by atoms with Gasteiger partial charge in [-0.05, 0) is 30.5 Å². The number of rotatable bonds is 3. The summed E-state index contributed by atoms with van der Waals surface area (Å²) in [6.45, 7) is 2.43. The second kappa shape index (κ2) is 5.50. The third-order valence-electron chi connectivity index (χ3n) is 2.49. The van der Waals surface area contributed by atoms with Crippen LogP contribution in [0.4, 0.5) is 0 Å². The van der Waals surface area contributed by atoms with Crippen LogP contribution in [0.2, 0.25) is 5.15 Å². The highest BCUT2D eigenvalue weighted by atomic mass is 35.5. The summed E-state index contributed by atoms with van der Waals surface area (Å²) >= 11 is 7.50. The molecule has 0 aromatic carbocycles. The number of aromatic nitrogens is 1. The Balaban J connectivity index is 2.15. The summed E-state index contributed by atoms with van der Waals surface area (Å²) in [6, 6.07) is 7.34. The van der Waals surface area contributed by atoms with E-state index in [1.54, 1.807) is 35.4 Å². The van der Waals surface area contributed by atoms with E-state index in [2.05, 4.69) is 4.98 Å². The molecule has 0 aliphatic rings. The first-order chi connectivity index (χ1) is 8.56. The largest absolute Gasteiger partial charge is 0.337 e. The molecule has 2 aromatic heterocycles. The lowest BCUT2D eigenvalue weighted by molar-refractivity contribution is 0.0786. The first-order valence-electron chi connectivity index (χ1n) is 5.48. The van der Waals surface area contributed by atoms with E-state index in [1.807, 2.05) is 24.4 Å². The quantitative estimate of drug-likeness (QED) is 0.808. The van der Waals surface area contributed by atoms with E-state index in [-0.39, 0.29) is 5.91 Å². The van der Waals surface area contributed by atoms with E-state index in [4.69, 9.17) is 11.6 Å². The summed E-state index contributed by atoms with van der Waals surface area (Å²) in [5.74, 6) is -0.0456.